The van der Waals surface area contributed by atoms with Crippen LogP contribution in [0.25, 0.3) is 0 Å². The van der Waals surface area contributed by atoms with Gasteiger partial charge in [-0.25, -0.2) is 0 Å². The van der Waals surface area contributed by atoms with Gasteiger partial charge in [-0.3, -0.25) is 0 Å². The second-order valence-electron chi connectivity index (χ2n) is 6.91. The summed E-state index contributed by atoms with van der Waals surface area (Å²) in [4.78, 5) is 0. The molecular formula is C24H22ClF3O3. The maximum absolute atomic E-state index is 13.4. The van der Waals surface area contributed by atoms with Crippen LogP contribution in [0, 0.1) is 0 Å². The predicted molar refractivity (Wildman–Crippen MR) is 113 cm³/mol. The molecule has 0 amide bonds. The molecule has 0 radical (unpaired) electrons. The quantitative estimate of drug-likeness (QED) is 0.327. The molecule has 0 bridgehead atoms. The zero-order valence-electron chi connectivity index (χ0n) is 16.8. The van der Waals surface area contributed by atoms with Gasteiger partial charge in [-0.05, 0) is 41.0 Å². The van der Waals surface area contributed by atoms with E-state index in [9.17, 15) is 13.2 Å². The van der Waals surface area contributed by atoms with Crippen LogP contribution in [0.2, 0.25) is 0 Å². The van der Waals surface area contributed by atoms with Crippen molar-refractivity contribution in [1.29, 1.82) is 0 Å². The third-order valence-corrected chi connectivity index (χ3v) is 4.98. The summed E-state index contributed by atoms with van der Waals surface area (Å²) in [6, 6.07) is 22.8. The maximum Gasteiger partial charge on any atom is 0.407 e. The molecule has 0 heterocycles. The SMILES string of the molecule is COCc1ccc(C(OCc2cccc(Oc3ccccc3)c2)C(Cl)C(F)(F)F)cc1. The van der Waals surface area contributed by atoms with Crippen LogP contribution in [-0.4, -0.2) is 18.7 Å². The highest BCUT2D eigenvalue weighted by atomic mass is 35.5. The first-order valence-electron chi connectivity index (χ1n) is 9.59. The molecule has 0 saturated carbocycles. The van der Waals surface area contributed by atoms with Crippen LogP contribution in [0.5, 0.6) is 11.5 Å². The lowest BCUT2D eigenvalue weighted by molar-refractivity contribution is -0.159. The van der Waals surface area contributed by atoms with E-state index in [-0.39, 0.29) is 6.61 Å². The Morgan fingerprint density at radius 3 is 2.13 bits per heavy atom. The predicted octanol–water partition coefficient (Wildman–Crippen LogP) is 7.05. The highest BCUT2D eigenvalue weighted by Gasteiger charge is 2.44. The molecule has 3 nitrogen and oxygen atoms in total. The molecule has 0 N–H and O–H groups in total. The number of para-hydroxylation sites is 1. The minimum atomic E-state index is -4.62. The molecule has 2 unspecified atom stereocenters. The van der Waals surface area contributed by atoms with E-state index in [0.717, 1.165) is 5.56 Å². The van der Waals surface area contributed by atoms with E-state index in [1.54, 1.807) is 55.6 Å². The highest BCUT2D eigenvalue weighted by Crippen LogP contribution is 2.37. The molecule has 0 aliphatic heterocycles. The van der Waals surface area contributed by atoms with Gasteiger partial charge >= 0.3 is 6.18 Å². The third kappa shape index (κ3) is 6.72. The summed E-state index contributed by atoms with van der Waals surface area (Å²) in [5, 5.41) is -2.19. The summed E-state index contributed by atoms with van der Waals surface area (Å²) >= 11 is 5.76. The fourth-order valence-electron chi connectivity index (χ4n) is 3.00. The van der Waals surface area contributed by atoms with E-state index in [1.165, 1.54) is 0 Å². The summed E-state index contributed by atoms with van der Waals surface area (Å²) in [5.41, 5.74) is 1.85. The molecule has 0 spiro atoms. The molecule has 0 aliphatic rings. The Labute approximate surface area is 184 Å². The largest absolute Gasteiger partial charge is 0.457 e. The van der Waals surface area contributed by atoms with Crippen molar-refractivity contribution in [1.82, 2.24) is 0 Å². The minimum absolute atomic E-state index is 0.0597. The molecule has 31 heavy (non-hydrogen) atoms. The van der Waals surface area contributed by atoms with Gasteiger partial charge in [0.25, 0.3) is 0 Å². The molecule has 2 atom stereocenters. The summed E-state index contributed by atoms with van der Waals surface area (Å²) in [6.07, 6.45) is -5.98. The average molecular weight is 451 g/mol. The van der Waals surface area contributed by atoms with Crippen molar-refractivity contribution in [2.24, 2.45) is 0 Å². The maximum atomic E-state index is 13.4. The number of halogens is 4. The van der Waals surface area contributed by atoms with E-state index < -0.39 is 17.7 Å². The van der Waals surface area contributed by atoms with Crippen LogP contribution < -0.4 is 4.74 Å². The lowest BCUT2D eigenvalue weighted by Crippen LogP contribution is -2.31. The van der Waals surface area contributed by atoms with Crippen LogP contribution in [-0.2, 0) is 22.7 Å². The Morgan fingerprint density at radius 2 is 1.48 bits per heavy atom. The Balaban J connectivity index is 1.75. The third-order valence-electron chi connectivity index (χ3n) is 4.50. The second-order valence-corrected chi connectivity index (χ2v) is 7.38. The molecule has 3 aromatic carbocycles. The fraction of sp³-hybridized carbons (Fsp3) is 0.250. The highest BCUT2D eigenvalue weighted by molar-refractivity contribution is 6.21. The lowest BCUT2D eigenvalue weighted by atomic mass is 10.0. The zero-order chi connectivity index (χ0) is 22.3. The molecule has 3 rings (SSSR count). The van der Waals surface area contributed by atoms with Gasteiger partial charge in [0.05, 0.1) is 13.2 Å². The molecule has 0 aliphatic carbocycles. The molecule has 7 heteroatoms. The van der Waals surface area contributed by atoms with Gasteiger partial charge in [0.15, 0.2) is 5.38 Å². The van der Waals surface area contributed by atoms with Gasteiger partial charge in [-0.2, -0.15) is 13.2 Å². The standard InChI is InChI=1S/C24H22ClF3O3/c1-29-15-17-10-12-19(13-11-17)22(23(25)24(26,27)28)30-16-18-6-5-9-21(14-18)31-20-7-3-2-4-8-20/h2-14,22-23H,15-16H2,1H3. The van der Waals surface area contributed by atoms with Crippen LogP contribution in [0.3, 0.4) is 0 Å². The van der Waals surface area contributed by atoms with Gasteiger partial charge in [0.2, 0.25) is 0 Å². The number of hydrogen-bond acceptors (Lipinski definition) is 3. The first-order chi connectivity index (χ1) is 14.9. The Hall–Kier alpha value is -2.54. The van der Waals surface area contributed by atoms with Crippen molar-refractivity contribution in [3.63, 3.8) is 0 Å². The second kappa shape index (κ2) is 10.7. The van der Waals surface area contributed by atoms with E-state index in [0.29, 0.717) is 29.2 Å². The first-order valence-corrected chi connectivity index (χ1v) is 10.0. The van der Waals surface area contributed by atoms with Crippen LogP contribution in [0.4, 0.5) is 13.2 Å². The Bertz CT molecular complexity index is 946. The normalized spacial score (nSPS) is 13.6. The summed E-state index contributed by atoms with van der Waals surface area (Å²) in [5.74, 6) is 1.22. The zero-order valence-corrected chi connectivity index (χ0v) is 17.6. The van der Waals surface area contributed by atoms with E-state index >= 15 is 0 Å². The van der Waals surface area contributed by atoms with E-state index in [2.05, 4.69) is 0 Å². The van der Waals surface area contributed by atoms with Crippen LogP contribution >= 0.6 is 11.6 Å². The first kappa shape index (κ1) is 23.1. The fourth-order valence-corrected chi connectivity index (χ4v) is 3.22. The smallest absolute Gasteiger partial charge is 0.407 e. The van der Waals surface area contributed by atoms with Gasteiger partial charge < -0.3 is 14.2 Å². The topological polar surface area (TPSA) is 27.7 Å². The number of alkyl halides is 4. The van der Waals surface area contributed by atoms with Crippen molar-refractivity contribution >= 4 is 11.6 Å². The summed E-state index contributed by atoms with van der Waals surface area (Å²) in [6.45, 7) is 0.305. The number of hydrogen-bond donors (Lipinski definition) is 0. The molecule has 164 valence electrons. The molecule has 0 aromatic heterocycles. The molecule has 0 saturated heterocycles. The minimum Gasteiger partial charge on any atom is -0.457 e. The van der Waals surface area contributed by atoms with Gasteiger partial charge in [0.1, 0.15) is 17.6 Å². The van der Waals surface area contributed by atoms with Crippen molar-refractivity contribution in [2.75, 3.05) is 7.11 Å². The summed E-state index contributed by atoms with van der Waals surface area (Å²) in [7, 11) is 1.55. The monoisotopic (exact) mass is 450 g/mol. The lowest BCUT2D eigenvalue weighted by Gasteiger charge is -2.25. The van der Waals surface area contributed by atoms with Crippen LogP contribution in [0.15, 0.2) is 78.9 Å². The average Bonchev–Trinajstić information content (AvgIpc) is 2.75. The summed E-state index contributed by atoms with van der Waals surface area (Å²) < 4.78 is 56.6. The number of rotatable bonds is 9. The molecular weight excluding hydrogens is 429 g/mol. The van der Waals surface area contributed by atoms with Gasteiger partial charge in [-0.15, -0.1) is 11.6 Å². The Morgan fingerprint density at radius 1 is 0.806 bits per heavy atom. The van der Waals surface area contributed by atoms with Crippen molar-refractivity contribution in [2.45, 2.75) is 30.9 Å². The van der Waals surface area contributed by atoms with Crippen molar-refractivity contribution < 1.29 is 27.4 Å². The van der Waals surface area contributed by atoms with E-state index in [4.69, 9.17) is 25.8 Å². The van der Waals surface area contributed by atoms with Crippen LogP contribution in [0.1, 0.15) is 22.8 Å². The van der Waals surface area contributed by atoms with Crippen molar-refractivity contribution in [3.05, 3.63) is 95.6 Å². The number of methoxy groups -OCH3 is 1. The molecule has 0 fully saturated rings. The van der Waals surface area contributed by atoms with Crippen molar-refractivity contribution in [3.8, 4) is 11.5 Å². The Kier molecular flexibility index (Phi) is 7.96. The number of ether oxygens (including phenoxy) is 3. The van der Waals surface area contributed by atoms with Gasteiger partial charge in [-0.1, -0.05) is 54.6 Å². The van der Waals surface area contributed by atoms with E-state index in [1.807, 2.05) is 30.3 Å². The number of benzene rings is 3. The van der Waals surface area contributed by atoms with Gasteiger partial charge in [0, 0.05) is 7.11 Å². The molecule has 3 aromatic rings.